The van der Waals surface area contributed by atoms with E-state index in [1.807, 2.05) is 0 Å². The van der Waals surface area contributed by atoms with Crippen LogP contribution in [0.5, 0.6) is 0 Å². The third kappa shape index (κ3) is 6.84. The Morgan fingerprint density at radius 2 is 1.31 bits per heavy atom. The van der Waals surface area contributed by atoms with E-state index in [9.17, 15) is 24.3 Å². The Morgan fingerprint density at radius 3 is 1.78 bits per heavy atom. The van der Waals surface area contributed by atoms with Crippen molar-refractivity contribution < 1.29 is 33.8 Å². The second-order valence-corrected chi connectivity index (χ2v) is 8.69. The van der Waals surface area contributed by atoms with E-state index in [1.165, 1.54) is 42.5 Å². The number of hydrogen-bond acceptors (Lipinski definition) is 6. The Morgan fingerprint density at radius 1 is 0.778 bits per heavy atom. The van der Waals surface area contributed by atoms with Gasteiger partial charge in [-0.2, -0.15) is 0 Å². The first-order valence-electron chi connectivity index (χ1n) is 10.6. The molecule has 0 spiro atoms. The summed E-state index contributed by atoms with van der Waals surface area (Å²) in [5.41, 5.74) is 1.68. The zero-order valence-corrected chi connectivity index (χ0v) is 20.7. The van der Waals surface area contributed by atoms with E-state index in [0.717, 1.165) is 11.1 Å². The summed E-state index contributed by atoms with van der Waals surface area (Å²) < 4.78 is 10.4. The molecular weight excluding hydrogens is 509 g/mol. The standard InChI is InChI=1S/C26H21Cl2NO7/c1-14-5-3-7-16(11-14)25(33)35-21(23(30)29-20-10-9-18(27)13-19(20)28)22(24(31)32)36-26(34)17-8-4-6-15(2)12-17/h3-13,21-22H,1-2H3,(H,29,30)(H,31,32)/t21-,22+/m0/s1. The maximum absolute atomic E-state index is 13.2. The second-order valence-electron chi connectivity index (χ2n) is 7.84. The molecule has 0 fully saturated rings. The van der Waals surface area contributed by atoms with Gasteiger partial charge in [-0.05, 0) is 56.3 Å². The zero-order valence-electron chi connectivity index (χ0n) is 19.2. The first kappa shape index (κ1) is 26.7. The number of halogens is 2. The molecule has 0 radical (unpaired) electrons. The molecule has 2 N–H and O–H groups in total. The number of benzene rings is 3. The van der Waals surface area contributed by atoms with Crippen LogP contribution in [0.3, 0.4) is 0 Å². The number of rotatable bonds is 8. The summed E-state index contributed by atoms with van der Waals surface area (Å²) in [6.45, 7) is 3.48. The highest BCUT2D eigenvalue weighted by atomic mass is 35.5. The number of carbonyl (C=O) groups excluding carboxylic acids is 3. The number of amides is 1. The van der Waals surface area contributed by atoms with E-state index in [1.54, 1.807) is 38.1 Å². The molecule has 0 saturated carbocycles. The molecule has 1 amide bonds. The van der Waals surface area contributed by atoms with Gasteiger partial charge in [0.1, 0.15) is 0 Å². The predicted molar refractivity (Wildman–Crippen MR) is 133 cm³/mol. The van der Waals surface area contributed by atoms with E-state index < -0.39 is 36.0 Å². The van der Waals surface area contributed by atoms with Gasteiger partial charge in [0.05, 0.1) is 21.8 Å². The lowest BCUT2D eigenvalue weighted by atomic mass is 10.1. The zero-order chi connectivity index (χ0) is 26.4. The molecule has 0 aliphatic heterocycles. The van der Waals surface area contributed by atoms with Gasteiger partial charge >= 0.3 is 17.9 Å². The molecular formula is C26H21Cl2NO7. The second kappa shape index (κ2) is 11.7. The van der Waals surface area contributed by atoms with Gasteiger partial charge in [0.2, 0.25) is 12.2 Å². The number of aryl methyl sites for hydroxylation is 2. The third-order valence-corrected chi connectivity index (χ3v) is 5.49. The Hall–Kier alpha value is -3.88. The SMILES string of the molecule is Cc1cccc(C(=O)O[C@H](C(=O)Nc2ccc(Cl)cc2Cl)[C@@H](OC(=O)c2cccc(C)c2)C(=O)O)c1. The molecule has 3 rings (SSSR count). The number of carboxylic acid groups (broad SMARTS) is 1. The molecule has 0 aliphatic carbocycles. The van der Waals surface area contributed by atoms with Gasteiger partial charge in [-0.3, -0.25) is 4.79 Å². The fourth-order valence-electron chi connectivity index (χ4n) is 3.20. The summed E-state index contributed by atoms with van der Waals surface area (Å²) >= 11 is 12.0. The fraction of sp³-hybridized carbons (Fsp3) is 0.154. The van der Waals surface area contributed by atoms with Crippen LogP contribution in [0.15, 0.2) is 66.7 Å². The van der Waals surface area contributed by atoms with Gasteiger partial charge in [0.25, 0.3) is 5.91 Å². The smallest absolute Gasteiger partial charge is 0.349 e. The van der Waals surface area contributed by atoms with Crippen LogP contribution in [0.1, 0.15) is 31.8 Å². The number of esters is 2. The molecule has 2 atom stereocenters. The average molecular weight is 530 g/mol. The highest BCUT2D eigenvalue weighted by Gasteiger charge is 2.41. The van der Waals surface area contributed by atoms with Crippen LogP contribution >= 0.6 is 23.2 Å². The first-order chi connectivity index (χ1) is 17.0. The van der Waals surface area contributed by atoms with Crippen LogP contribution in [-0.2, 0) is 19.1 Å². The number of ether oxygens (including phenoxy) is 2. The lowest BCUT2D eigenvalue weighted by Crippen LogP contribution is -2.48. The quantitative estimate of drug-likeness (QED) is 0.390. The summed E-state index contributed by atoms with van der Waals surface area (Å²) in [6.07, 6.45) is -4.23. The number of carboxylic acids is 1. The molecule has 0 bridgehead atoms. The van der Waals surface area contributed by atoms with Gasteiger partial charge < -0.3 is 19.9 Å². The highest BCUT2D eigenvalue weighted by Crippen LogP contribution is 2.26. The van der Waals surface area contributed by atoms with Crippen molar-refractivity contribution in [3.8, 4) is 0 Å². The van der Waals surface area contributed by atoms with Crippen molar-refractivity contribution in [2.24, 2.45) is 0 Å². The minimum atomic E-state index is -2.17. The Bertz CT molecular complexity index is 1330. The largest absolute Gasteiger partial charge is 0.478 e. The van der Waals surface area contributed by atoms with Gasteiger partial charge in [0, 0.05) is 5.02 Å². The first-order valence-corrected chi connectivity index (χ1v) is 11.3. The maximum Gasteiger partial charge on any atom is 0.349 e. The summed E-state index contributed by atoms with van der Waals surface area (Å²) in [5.74, 6) is -4.78. The molecule has 8 nitrogen and oxygen atoms in total. The molecule has 3 aromatic carbocycles. The van der Waals surface area contributed by atoms with Crippen molar-refractivity contribution in [3.63, 3.8) is 0 Å². The molecule has 0 saturated heterocycles. The normalized spacial score (nSPS) is 12.2. The minimum absolute atomic E-state index is 0.0586. The molecule has 0 aliphatic rings. The molecule has 36 heavy (non-hydrogen) atoms. The van der Waals surface area contributed by atoms with Crippen LogP contribution in [0, 0.1) is 13.8 Å². The average Bonchev–Trinajstić information content (AvgIpc) is 2.82. The van der Waals surface area contributed by atoms with Gasteiger partial charge in [0.15, 0.2) is 0 Å². The summed E-state index contributed by atoms with van der Waals surface area (Å²) in [6, 6.07) is 16.7. The van der Waals surface area contributed by atoms with E-state index in [-0.39, 0.29) is 21.8 Å². The highest BCUT2D eigenvalue weighted by molar-refractivity contribution is 6.36. The van der Waals surface area contributed by atoms with Crippen molar-refractivity contribution in [1.82, 2.24) is 0 Å². The van der Waals surface area contributed by atoms with Crippen LogP contribution in [0.2, 0.25) is 10.0 Å². The monoisotopic (exact) mass is 529 g/mol. The van der Waals surface area contributed by atoms with Crippen molar-refractivity contribution in [2.45, 2.75) is 26.1 Å². The molecule has 186 valence electrons. The summed E-state index contributed by atoms with van der Waals surface area (Å²) in [5, 5.41) is 12.6. The van der Waals surface area contributed by atoms with Gasteiger partial charge in [-0.1, -0.05) is 58.6 Å². The predicted octanol–water partition coefficient (Wildman–Crippen LogP) is 5.08. The van der Waals surface area contributed by atoms with Crippen LogP contribution in [0.25, 0.3) is 0 Å². The van der Waals surface area contributed by atoms with Crippen LogP contribution in [0.4, 0.5) is 5.69 Å². The van der Waals surface area contributed by atoms with Crippen molar-refractivity contribution >= 4 is 52.7 Å². The lowest BCUT2D eigenvalue weighted by Gasteiger charge is -2.24. The molecule has 0 aromatic heterocycles. The summed E-state index contributed by atoms with van der Waals surface area (Å²) in [7, 11) is 0. The molecule has 10 heteroatoms. The molecule has 0 unspecified atom stereocenters. The fourth-order valence-corrected chi connectivity index (χ4v) is 3.66. The Labute approximate surface area is 216 Å². The number of nitrogens with one attached hydrogen (secondary N) is 1. The number of hydrogen-bond donors (Lipinski definition) is 2. The van der Waals surface area contributed by atoms with Crippen molar-refractivity contribution in [1.29, 1.82) is 0 Å². The number of aliphatic carboxylic acids is 1. The van der Waals surface area contributed by atoms with Gasteiger partial charge in [-0.25, -0.2) is 14.4 Å². The molecule has 3 aromatic rings. The number of carbonyl (C=O) groups is 4. The van der Waals surface area contributed by atoms with E-state index in [2.05, 4.69) is 5.32 Å². The topological polar surface area (TPSA) is 119 Å². The Kier molecular flexibility index (Phi) is 8.68. The number of anilines is 1. The van der Waals surface area contributed by atoms with Crippen LogP contribution < -0.4 is 5.32 Å². The molecule has 0 heterocycles. The third-order valence-electron chi connectivity index (χ3n) is 4.94. The van der Waals surface area contributed by atoms with Crippen molar-refractivity contribution in [3.05, 3.63) is 99.0 Å². The van der Waals surface area contributed by atoms with Crippen LogP contribution in [-0.4, -0.2) is 41.1 Å². The van der Waals surface area contributed by atoms with Crippen molar-refractivity contribution in [2.75, 3.05) is 5.32 Å². The Balaban J connectivity index is 1.94. The van der Waals surface area contributed by atoms with E-state index in [0.29, 0.717) is 5.02 Å². The lowest BCUT2D eigenvalue weighted by molar-refractivity contribution is -0.157. The minimum Gasteiger partial charge on any atom is -0.478 e. The van der Waals surface area contributed by atoms with E-state index >= 15 is 0 Å². The summed E-state index contributed by atoms with van der Waals surface area (Å²) in [4.78, 5) is 50.8. The van der Waals surface area contributed by atoms with E-state index in [4.69, 9.17) is 32.7 Å². The van der Waals surface area contributed by atoms with Gasteiger partial charge in [-0.15, -0.1) is 0 Å². The maximum atomic E-state index is 13.2.